The SMILES string of the molecule is CC(C)Oc1ccc(Br)cc1CCl. The molecule has 0 amide bonds. The van der Waals surface area contributed by atoms with E-state index in [2.05, 4.69) is 15.9 Å². The van der Waals surface area contributed by atoms with Crippen LogP contribution in [-0.2, 0) is 5.88 Å². The lowest BCUT2D eigenvalue weighted by atomic mass is 10.2. The van der Waals surface area contributed by atoms with E-state index in [1.807, 2.05) is 32.0 Å². The summed E-state index contributed by atoms with van der Waals surface area (Å²) in [6.07, 6.45) is 0.183. The maximum absolute atomic E-state index is 5.79. The molecule has 0 saturated carbocycles. The molecular formula is C10H12BrClO. The summed E-state index contributed by atoms with van der Waals surface area (Å²) in [6, 6.07) is 5.86. The molecule has 0 N–H and O–H groups in total. The Morgan fingerprint density at radius 1 is 1.46 bits per heavy atom. The normalized spacial score (nSPS) is 10.5. The van der Waals surface area contributed by atoms with Gasteiger partial charge in [-0.1, -0.05) is 15.9 Å². The predicted octanol–water partition coefficient (Wildman–Crippen LogP) is 3.98. The summed E-state index contributed by atoms with van der Waals surface area (Å²) in [5.74, 6) is 1.34. The van der Waals surface area contributed by atoms with Crippen LogP contribution in [0.4, 0.5) is 0 Å². The van der Waals surface area contributed by atoms with Gasteiger partial charge in [-0.25, -0.2) is 0 Å². The number of benzene rings is 1. The Labute approximate surface area is 92.2 Å². The molecule has 1 aromatic rings. The number of alkyl halides is 1. The molecule has 72 valence electrons. The van der Waals surface area contributed by atoms with Gasteiger partial charge in [0.1, 0.15) is 5.75 Å². The van der Waals surface area contributed by atoms with Crippen molar-refractivity contribution >= 4 is 27.5 Å². The van der Waals surface area contributed by atoms with Crippen molar-refractivity contribution in [2.75, 3.05) is 0 Å². The highest BCUT2D eigenvalue weighted by Crippen LogP contribution is 2.25. The molecule has 0 atom stereocenters. The van der Waals surface area contributed by atoms with E-state index in [0.29, 0.717) is 5.88 Å². The van der Waals surface area contributed by atoms with Crippen LogP contribution in [0.2, 0.25) is 0 Å². The smallest absolute Gasteiger partial charge is 0.124 e. The number of hydrogen-bond acceptors (Lipinski definition) is 1. The van der Waals surface area contributed by atoms with Crippen molar-refractivity contribution in [3.05, 3.63) is 28.2 Å². The zero-order valence-corrected chi connectivity index (χ0v) is 10.0. The third-order valence-corrected chi connectivity index (χ3v) is 2.31. The van der Waals surface area contributed by atoms with Crippen LogP contribution in [0.1, 0.15) is 19.4 Å². The van der Waals surface area contributed by atoms with Gasteiger partial charge in [-0.15, -0.1) is 11.6 Å². The first-order valence-electron chi connectivity index (χ1n) is 4.14. The molecule has 1 rings (SSSR count). The monoisotopic (exact) mass is 262 g/mol. The summed E-state index contributed by atoms with van der Waals surface area (Å²) in [4.78, 5) is 0. The Hall–Kier alpha value is -0.210. The number of hydrogen-bond donors (Lipinski definition) is 0. The zero-order chi connectivity index (χ0) is 9.84. The van der Waals surface area contributed by atoms with Crippen LogP contribution >= 0.6 is 27.5 Å². The maximum atomic E-state index is 5.79. The van der Waals surface area contributed by atoms with Gasteiger partial charge in [-0.2, -0.15) is 0 Å². The molecule has 0 aromatic heterocycles. The number of rotatable bonds is 3. The Bertz CT molecular complexity index is 286. The summed E-state index contributed by atoms with van der Waals surface area (Å²) < 4.78 is 6.61. The quantitative estimate of drug-likeness (QED) is 0.750. The summed E-state index contributed by atoms with van der Waals surface area (Å²) in [5, 5.41) is 0. The van der Waals surface area contributed by atoms with Gasteiger partial charge in [-0.05, 0) is 32.0 Å². The van der Waals surface area contributed by atoms with E-state index < -0.39 is 0 Å². The summed E-state index contributed by atoms with van der Waals surface area (Å²) in [5.41, 5.74) is 1.02. The second-order valence-corrected chi connectivity index (χ2v) is 4.24. The highest BCUT2D eigenvalue weighted by Gasteiger charge is 2.04. The van der Waals surface area contributed by atoms with Gasteiger partial charge in [-0.3, -0.25) is 0 Å². The molecule has 1 aromatic carbocycles. The van der Waals surface area contributed by atoms with E-state index >= 15 is 0 Å². The van der Waals surface area contributed by atoms with Gasteiger partial charge in [0.15, 0.2) is 0 Å². The topological polar surface area (TPSA) is 9.23 Å². The Morgan fingerprint density at radius 3 is 2.69 bits per heavy atom. The lowest BCUT2D eigenvalue weighted by Gasteiger charge is -2.12. The van der Waals surface area contributed by atoms with Crippen LogP contribution in [0.25, 0.3) is 0 Å². The second kappa shape index (κ2) is 4.87. The molecule has 0 spiro atoms. The molecule has 1 nitrogen and oxygen atoms in total. The highest BCUT2D eigenvalue weighted by molar-refractivity contribution is 9.10. The zero-order valence-electron chi connectivity index (χ0n) is 7.68. The lowest BCUT2D eigenvalue weighted by Crippen LogP contribution is -2.06. The van der Waals surface area contributed by atoms with E-state index in [1.54, 1.807) is 0 Å². The van der Waals surface area contributed by atoms with Gasteiger partial charge >= 0.3 is 0 Å². The molecular weight excluding hydrogens is 251 g/mol. The number of halogens is 2. The van der Waals surface area contributed by atoms with Gasteiger partial charge in [0.2, 0.25) is 0 Å². The van der Waals surface area contributed by atoms with Crippen LogP contribution in [-0.4, -0.2) is 6.10 Å². The predicted molar refractivity (Wildman–Crippen MR) is 59.5 cm³/mol. The molecule has 0 aliphatic carbocycles. The standard InChI is InChI=1S/C10H12BrClO/c1-7(2)13-10-4-3-9(11)5-8(10)6-12/h3-5,7H,6H2,1-2H3. The van der Waals surface area contributed by atoms with Crippen LogP contribution in [0, 0.1) is 0 Å². The van der Waals surface area contributed by atoms with Crippen molar-refractivity contribution in [1.29, 1.82) is 0 Å². The second-order valence-electron chi connectivity index (χ2n) is 3.05. The van der Waals surface area contributed by atoms with Gasteiger partial charge in [0.05, 0.1) is 12.0 Å². The molecule has 0 radical (unpaired) electrons. The van der Waals surface area contributed by atoms with Crippen molar-refractivity contribution in [2.45, 2.75) is 25.8 Å². The van der Waals surface area contributed by atoms with Crippen LogP contribution < -0.4 is 4.74 Å². The maximum Gasteiger partial charge on any atom is 0.124 e. The Morgan fingerprint density at radius 2 is 2.15 bits per heavy atom. The minimum absolute atomic E-state index is 0.183. The fourth-order valence-corrected chi connectivity index (χ4v) is 1.64. The molecule has 0 aliphatic heterocycles. The molecule has 3 heteroatoms. The van der Waals surface area contributed by atoms with Crippen LogP contribution in [0.15, 0.2) is 22.7 Å². The summed E-state index contributed by atoms with van der Waals surface area (Å²) in [7, 11) is 0. The Kier molecular flexibility index (Phi) is 4.07. The fourth-order valence-electron chi connectivity index (χ4n) is 1.02. The molecule has 0 saturated heterocycles. The van der Waals surface area contributed by atoms with Crippen LogP contribution in [0.3, 0.4) is 0 Å². The van der Waals surface area contributed by atoms with E-state index in [1.165, 1.54) is 0 Å². The van der Waals surface area contributed by atoms with E-state index in [4.69, 9.17) is 16.3 Å². The molecule has 0 heterocycles. The highest BCUT2D eigenvalue weighted by atomic mass is 79.9. The fraction of sp³-hybridized carbons (Fsp3) is 0.400. The van der Waals surface area contributed by atoms with Crippen molar-refractivity contribution in [2.24, 2.45) is 0 Å². The first-order chi connectivity index (χ1) is 6.13. The lowest BCUT2D eigenvalue weighted by molar-refractivity contribution is 0.240. The van der Waals surface area contributed by atoms with Crippen molar-refractivity contribution in [1.82, 2.24) is 0 Å². The molecule has 0 unspecified atom stereocenters. The first-order valence-corrected chi connectivity index (χ1v) is 5.47. The van der Waals surface area contributed by atoms with Gasteiger partial charge in [0.25, 0.3) is 0 Å². The average molecular weight is 264 g/mol. The van der Waals surface area contributed by atoms with E-state index in [9.17, 15) is 0 Å². The van der Waals surface area contributed by atoms with Gasteiger partial charge in [0, 0.05) is 10.0 Å². The third kappa shape index (κ3) is 3.20. The van der Waals surface area contributed by atoms with E-state index in [0.717, 1.165) is 15.8 Å². The van der Waals surface area contributed by atoms with Crippen molar-refractivity contribution in [3.8, 4) is 5.75 Å². The minimum atomic E-state index is 0.183. The largest absolute Gasteiger partial charge is 0.491 e. The van der Waals surface area contributed by atoms with Crippen molar-refractivity contribution in [3.63, 3.8) is 0 Å². The van der Waals surface area contributed by atoms with E-state index in [-0.39, 0.29) is 6.10 Å². The minimum Gasteiger partial charge on any atom is -0.491 e. The van der Waals surface area contributed by atoms with Crippen molar-refractivity contribution < 1.29 is 4.74 Å². The molecule has 13 heavy (non-hydrogen) atoms. The molecule has 0 aliphatic rings. The number of ether oxygens (including phenoxy) is 1. The Balaban J connectivity index is 2.92. The average Bonchev–Trinajstić information content (AvgIpc) is 2.07. The van der Waals surface area contributed by atoms with Gasteiger partial charge < -0.3 is 4.74 Å². The first kappa shape index (κ1) is 10.9. The summed E-state index contributed by atoms with van der Waals surface area (Å²) in [6.45, 7) is 4.00. The molecule has 0 bridgehead atoms. The summed E-state index contributed by atoms with van der Waals surface area (Å²) >= 11 is 9.18. The third-order valence-electron chi connectivity index (χ3n) is 1.53. The molecule has 0 fully saturated rings. The van der Waals surface area contributed by atoms with Crippen LogP contribution in [0.5, 0.6) is 5.75 Å².